The first kappa shape index (κ1) is 18.8. The van der Waals surface area contributed by atoms with E-state index in [0.717, 1.165) is 37.8 Å². The summed E-state index contributed by atoms with van der Waals surface area (Å²) >= 11 is 1.56. The van der Waals surface area contributed by atoms with Crippen LogP contribution in [0.4, 0.5) is 5.13 Å². The molecule has 1 amide bonds. The van der Waals surface area contributed by atoms with Crippen LogP contribution in [0.15, 0.2) is 29.1 Å². The van der Waals surface area contributed by atoms with Crippen molar-refractivity contribution in [2.45, 2.75) is 58.4 Å². The quantitative estimate of drug-likeness (QED) is 0.657. The molecule has 2 aromatic heterocycles. The number of benzene rings is 1. The summed E-state index contributed by atoms with van der Waals surface area (Å²) in [4.78, 5) is 31.6. The summed E-state index contributed by atoms with van der Waals surface area (Å²) < 4.78 is 1.41. The number of thiazole rings is 1. The summed E-state index contributed by atoms with van der Waals surface area (Å²) in [7, 11) is 0. The van der Waals surface area contributed by atoms with Gasteiger partial charge in [0.25, 0.3) is 11.5 Å². The minimum atomic E-state index is -0.314. The van der Waals surface area contributed by atoms with Gasteiger partial charge in [0.15, 0.2) is 10.8 Å². The maximum Gasteiger partial charge on any atom is 0.278 e. The van der Waals surface area contributed by atoms with Gasteiger partial charge in [-0.15, -0.1) is 11.3 Å². The third-order valence-corrected chi connectivity index (χ3v) is 6.20. The predicted molar refractivity (Wildman–Crippen MR) is 112 cm³/mol. The Morgan fingerprint density at radius 1 is 1.18 bits per heavy atom. The molecule has 0 saturated heterocycles. The number of amides is 1. The fraction of sp³-hybridized carbons (Fsp3) is 0.429. The monoisotopic (exact) mass is 396 g/mol. The van der Waals surface area contributed by atoms with Crippen molar-refractivity contribution in [3.63, 3.8) is 0 Å². The Morgan fingerprint density at radius 2 is 1.96 bits per heavy atom. The molecule has 0 saturated carbocycles. The van der Waals surface area contributed by atoms with Crippen LogP contribution in [0.1, 0.15) is 60.1 Å². The fourth-order valence-electron chi connectivity index (χ4n) is 3.60. The molecule has 0 bridgehead atoms. The summed E-state index contributed by atoms with van der Waals surface area (Å²) in [6.07, 6.45) is 7.37. The van der Waals surface area contributed by atoms with E-state index >= 15 is 0 Å². The highest BCUT2D eigenvalue weighted by Crippen LogP contribution is 2.29. The van der Waals surface area contributed by atoms with Crippen LogP contribution in [0.25, 0.3) is 10.8 Å². The second kappa shape index (κ2) is 8.22. The summed E-state index contributed by atoms with van der Waals surface area (Å²) in [6, 6.07) is 7.17. The lowest BCUT2D eigenvalue weighted by Gasteiger charge is -2.10. The number of fused-ring (bicyclic) bond motifs is 2. The van der Waals surface area contributed by atoms with Gasteiger partial charge in [0.1, 0.15) is 0 Å². The molecule has 0 aliphatic heterocycles. The van der Waals surface area contributed by atoms with Gasteiger partial charge in [0.2, 0.25) is 0 Å². The number of nitrogens with zero attached hydrogens (tertiary/aromatic N) is 3. The first-order chi connectivity index (χ1) is 13.7. The van der Waals surface area contributed by atoms with Crippen LogP contribution in [0.5, 0.6) is 0 Å². The zero-order valence-electron chi connectivity index (χ0n) is 16.0. The second-order valence-corrected chi connectivity index (χ2v) is 8.26. The molecule has 0 fully saturated rings. The number of anilines is 1. The van der Waals surface area contributed by atoms with E-state index < -0.39 is 0 Å². The predicted octanol–water partition coefficient (Wildman–Crippen LogP) is 4.17. The minimum absolute atomic E-state index is 0.151. The van der Waals surface area contributed by atoms with Crippen molar-refractivity contribution in [1.82, 2.24) is 14.8 Å². The van der Waals surface area contributed by atoms with Crippen molar-refractivity contribution in [1.29, 1.82) is 0 Å². The molecule has 0 unspecified atom stereocenters. The molecule has 1 aliphatic carbocycles. The average molecular weight is 397 g/mol. The fourth-order valence-corrected chi connectivity index (χ4v) is 4.65. The maximum atomic E-state index is 13.0. The van der Waals surface area contributed by atoms with Gasteiger partial charge in [-0.25, -0.2) is 9.67 Å². The third-order valence-electron chi connectivity index (χ3n) is 5.12. The highest BCUT2D eigenvalue weighted by atomic mass is 32.1. The first-order valence-electron chi connectivity index (χ1n) is 9.97. The van der Waals surface area contributed by atoms with Crippen LogP contribution in [0, 0.1) is 0 Å². The normalized spacial score (nSPS) is 13.9. The lowest BCUT2D eigenvalue weighted by molar-refractivity contribution is 0.102. The Labute approximate surface area is 167 Å². The van der Waals surface area contributed by atoms with E-state index in [2.05, 4.69) is 22.3 Å². The Balaban J connectivity index is 1.68. The molecule has 0 atom stereocenters. The molecular formula is C21H24N4O2S. The molecule has 1 N–H and O–H groups in total. The number of aryl methyl sites for hydroxylation is 3. The van der Waals surface area contributed by atoms with Crippen molar-refractivity contribution in [2.24, 2.45) is 0 Å². The molecule has 0 radical (unpaired) electrons. The van der Waals surface area contributed by atoms with Crippen LogP contribution >= 0.6 is 11.3 Å². The highest BCUT2D eigenvalue weighted by molar-refractivity contribution is 7.15. The number of aromatic nitrogens is 3. The van der Waals surface area contributed by atoms with Crippen LogP contribution in [-0.4, -0.2) is 20.7 Å². The lowest BCUT2D eigenvalue weighted by atomic mass is 10.1. The van der Waals surface area contributed by atoms with E-state index in [1.807, 2.05) is 12.1 Å². The molecule has 0 spiro atoms. The number of unbranched alkanes of at least 4 members (excludes halogenated alkanes) is 1. The molecule has 146 valence electrons. The van der Waals surface area contributed by atoms with Crippen LogP contribution < -0.4 is 10.9 Å². The standard InChI is InChI=1S/C21H24N4O2S/c1-2-3-13-25-20(27)15-10-8-7-9-14(15)18(24-25)19(26)23-21-22-16-11-5-4-6-12-17(16)28-21/h7-10H,2-6,11-13H2,1H3,(H,22,23,26). The first-order valence-corrected chi connectivity index (χ1v) is 10.8. The van der Waals surface area contributed by atoms with Gasteiger partial charge in [-0.05, 0) is 38.2 Å². The second-order valence-electron chi connectivity index (χ2n) is 7.18. The lowest BCUT2D eigenvalue weighted by Crippen LogP contribution is -2.27. The molecule has 6 nitrogen and oxygen atoms in total. The molecule has 1 aliphatic rings. The summed E-state index contributed by atoms with van der Waals surface area (Å²) in [5.41, 5.74) is 1.24. The zero-order chi connectivity index (χ0) is 19.5. The Kier molecular flexibility index (Phi) is 5.52. The van der Waals surface area contributed by atoms with Gasteiger partial charge in [-0.1, -0.05) is 38.0 Å². The van der Waals surface area contributed by atoms with Crippen molar-refractivity contribution < 1.29 is 4.79 Å². The van der Waals surface area contributed by atoms with Crippen molar-refractivity contribution in [3.8, 4) is 0 Å². The number of hydrogen-bond donors (Lipinski definition) is 1. The van der Waals surface area contributed by atoms with E-state index in [0.29, 0.717) is 22.4 Å². The molecule has 4 rings (SSSR count). The van der Waals surface area contributed by atoms with E-state index in [4.69, 9.17) is 0 Å². The minimum Gasteiger partial charge on any atom is -0.296 e. The topological polar surface area (TPSA) is 76.9 Å². The largest absolute Gasteiger partial charge is 0.296 e. The van der Waals surface area contributed by atoms with E-state index in [-0.39, 0.29) is 17.2 Å². The van der Waals surface area contributed by atoms with Gasteiger partial charge in [0, 0.05) is 16.8 Å². The third kappa shape index (κ3) is 3.71. The van der Waals surface area contributed by atoms with E-state index in [1.54, 1.807) is 23.5 Å². The van der Waals surface area contributed by atoms with E-state index in [1.165, 1.54) is 22.4 Å². The van der Waals surface area contributed by atoms with Crippen LogP contribution in [0.2, 0.25) is 0 Å². The number of carbonyl (C=O) groups is 1. The van der Waals surface area contributed by atoms with Gasteiger partial charge in [0.05, 0.1) is 11.1 Å². The van der Waals surface area contributed by atoms with Gasteiger partial charge in [-0.3, -0.25) is 14.9 Å². The van der Waals surface area contributed by atoms with Crippen molar-refractivity contribution in [2.75, 3.05) is 5.32 Å². The van der Waals surface area contributed by atoms with Gasteiger partial charge < -0.3 is 0 Å². The molecule has 7 heteroatoms. The maximum absolute atomic E-state index is 13.0. The molecule has 1 aromatic carbocycles. The Hall–Kier alpha value is -2.54. The van der Waals surface area contributed by atoms with Crippen LogP contribution in [0.3, 0.4) is 0 Å². The Bertz CT molecular complexity index is 1050. The smallest absolute Gasteiger partial charge is 0.278 e. The van der Waals surface area contributed by atoms with Gasteiger partial charge >= 0.3 is 0 Å². The number of rotatable bonds is 5. The van der Waals surface area contributed by atoms with Gasteiger partial charge in [-0.2, -0.15) is 5.10 Å². The number of carbonyl (C=O) groups excluding carboxylic acids is 1. The Morgan fingerprint density at radius 3 is 2.79 bits per heavy atom. The highest BCUT2D eigenvalue weighted by Gasteiger charge is 2.20. The van der Waals surface area contributed by atoms with E-state index in [9.17, 15) is 9.59 Å². The summed E-state index contributed by atoms with van der Waals surface area (Å²) in [5.74, 6) is -0.314. The van der Waals surface area contributed by atoms with Crippen molar-refractivity contribution >= 4 is 33.1 Å². The number of nitrogens with one attached hydrogen (secondary N) is 1. The molecule has 3 aromatic rings. The summed E-state index contributed by atoms with van der Waals surface area (Å²) in [5, 5.41) is 9.04. The molecule has 28 heavy (non-hydrogen) atoms. The number of hydrogen-bond acceptors (Lipinski definition) is 5. The SMILES string of the molecule is CCCCn1nc(C(=O)Nc2nc3c(s2)CCCCC3)c2ccccc2c1=O. The zero-order valence-corrected chi connectivity index (χ0v) is 16.8. The van der Waals surface area contributed by atoms with Crippen LogP contribution in [-0.2, 0) is 19.4 Å². The van der Waals surface area contributed by atoms with Crippen molar-refractivity contribution in [3.05, 3.63) is 50.9 Å². The molecule has 2 heterocycles. The average Bonchev–Trinajstić information content (AvgIpc) is 2.95. The summed E-state index contributed by atoms with van der Waals surface area (Å²) in [6.45, 7) is 2.57. The molecular weight excluding hydrogens is 372 g/mol.